The molecule has 1 N–H and O–H groups in total. The normalized spacial score (nSPS) is 17.0. The van der Waals surface area contributed by atoms with E-state index in [1.807, 2.05) is 41.3 Å². The Bertz CT molecular complexity index is 1550. The molecule has 0 bridgehead atoms. The van der Waals surface area contributed by atoms with Crippen LogP contribution in [0.2, 0.25) is 0 Å². The van der Waals surface area contributed by atoms with Crippen LogP contribution in [0.1, 0.15) is 69.1 Å². The van der Waals surface area contributed by atoms with E-state index in [0.29, 0.717) is 34.8 Å². The largest absolute Gasteiger partial charge is 0.348 e. The highest BCUT2D eigenvalue weighted by atomic mass is 32.2. The number of sulfone groups is 1. The molecule has 10 heteroatoms. The predicted octanol–water partition coefficient (Wildman–Crippen LogP) is 3.77. The lowest BCUT2D eigenvalue weighted by molar-refractivity contribution is 0.0711. The van der Waals surface area contributed by atoms with Crippen molar-refractivity contribution in [2.75, 3.05) is 32.4 Å². The van der Waals surface area contributed by atoms with E-state index in [1.165, 1.54) is 18.0 Å². The molecule has 2 fully saturated rings. The van der Waals surface area contributed by atoms with Crippen molar-refractivity contribution in [2.24, 2.45) is 0 Å². The fourth-order valence-electron chi connectivity index (χ4n) is 5.68. The summed E-state index contributed by atoms with van der Waals surface area (Å²) in [5.41, 5.74) is 3.66. The monoisotopic (exact) mass is 585 g/mol. The number of aromatic nitrogens is 1. The molecule has 218 valence electrons. The van der Waals surface area contributed by atoms with E-state index in [-0.39, 0.29) is 23.8 Å². The van der Waals surface area contributed by atoms with Crippen LogP contribution < -0.4 is 5.32 Å². The molecule has 2 aliphatic rings. The van der Waals surface area contributed by atoms with Gasteiger partial charge in [0, 0.05) is 51.2 Å². The van der Waals surface area contributed by atoms with Gasteiger partial charge in [-0.1, -0.05) is 24.3 Å². The van der Waals surface area contributed by atoms with Crippen LogP contribution in [-0.2, 0) is 16.4 Å². The van der Waals surface area contributed by atoms with Gasteiger partial charge in [0.15, 0.2) is 9.84 Å². The van der Waals surface area contributed by atoms with Gasteiger partial charge in [-0.25, -0.2) is 8.42 Å². The summed E-state index contributed by atoms with van der Waals surface area (Å²) < 4.78 is 23.4. The Morgan fingerprint density at radius 3 is 2.17 bits per heavy atom. The third-order valence-corrected chi connectivity index (χ3v) is 9.35. The van der Waals surface area contributed by atoms with Crippen LogP contribution >= 0.6 is 0 Å². The first-order valence-electron chi connectivity index (χ1n) is 14.3. The molecule has 9 nitrogen and oxygen atoms in total. The molecule has 2 aliphatic heterocycles. The number of amides is 2. The van der Waals surface area contributed by atoms with E-state index in [1.54, 1.807) is 24.3 Å². The second-order valence-electron chi connectivity index (χ2n) is 11.2. The fraction of sp³-hybridized carbons (Fsp3) is 0.375. The molecule has 0 saturated carbocycles. The third-order valence-electron chi connectivity index (χ3n) is 8.22. The number of benzene rings is 2. The number of pyridine rings is 1. The number of hydrogen-bond acceptors (Lipinski definition) is 7. The van der Waals surface area contributed by atoms with Crippen LogP contribution in [0.4, 0.5) is 0 Å². The maximum atomic E-state index is 13.1. The average molecular weight is 586 g/mol. The van der Waals surface area contributed by atoms with Gasteiger partial charge in [-0.05, 0) is 79.1 Å². The van der Waals surface area contributed by atoms with E-state index < -0.39 is 9.84 Å². The molecule has 3 aromatic rings. The van der Waals surface area contributed by atoms with Crippen LogP contribution in [0.3, 0.4) is 0 Å². The van der Waals surface area contributed by atoms with E-state index in [4.69, 9.17) is 5.26 Å². The minimum Gasteiger partial charge on any atom is -0.348 e. The van der Waals surface area contributed by atoms with Gasteiger partial charge < -0.3 is 10.2 Å². The molecule has 5 rings (SSSR count). The number of nitriles is 1. The van der Waals surface area contributed by atoms with Crippen LogP contribution in [0.25, 0.3) is 0 Å². The molecular weight excluding hydrogens is 550 g/mol. The van der Waals surface area contributed by atoms with Crippen LogP contribution in [0, 0.1) is 11.3 Å². The zero-order chi connectivity index (χ0) is 29.7. The summed E-state index contributed by atoms with van der Waals surface area (Å²) in [5, 5.41) is 12.0. The van der Waals surface area contributed by atoms with E-state index >= 15 is 0 Å². The molecule has 0 atom stereocenters. The van der Waals surface area contributed by atoms with Gasteiger partial charge >= 0.3 is 0 Å². The molecular formula is C32H35N5O4S. The Morgan fingerprint density at radius 1 is 0.929 bits per heavy atom. The molecule has 2 amide bonds. The van der Waals surface area contributed by atoms with Gasteiger partial charge in [-0.3, -0.25) is 19.5 Å². The Balaban J connectivity index is 1.07. The van der Waals surface area contributed by atoms with Gasteiger partial charge in [-0.15, -0.1) is 0 Å². The second kappa shape index (κ2) is 12.8. The Labute approximate surface area is 247 Å². The lowest BCUT2D eigenvalue weighted by Gasteiger charge is -2.32. The zero-order valence-corrected chi connectivity index (χ0v) is 24.5. The molecule has 0 aliphatic carbocycles. The summed E-state index contributed by atoms with van der Waals surface area (Å²) in [6.07, 6.45) is 5.96. The lowest BCUT2D eigenvalue weighted by atomic mass is 9.89. The SMILES string of the molecule is CS(=O)(=O)c1ccc(C2CCN(C(=O)c3ccc(C(=O)NC4CCN(Cc5ccc(C#N)cc5)CC4)nc3)CC2)cc1. The summed E-state index contributed by atoms with van der Waals surface area (Å²) in [4.78, 5) is 34.7. The van der Waals surface area contributed by atoms with Crippen LogP contribution in [0.15, 0.2) is 71.8 Å². The Hall–Kier alpha value is -4.07. The standard InChI is InChI=1S/C32H35N5O4S/c1-42(40,41)29-9-6-25(7-10-29)26-12-18-37(19-13-26)32(39)27-8-11-30(34-21-27)31(38)35-28-14-16-36(17-15-28)22-24-4-2-23(20-33)3-5-24/h2-11,21,26,28H,12-19,22H2,1H3,(H,35,38). The first kappa shape index (κ1) is 29.4. The van der Waals surface area contributed by atoms with Crippen molar-refractivity contribution in [3.05, 3.63) is 94.8 Å². The zero-order valence-electron chi connectivity index (χ0n) is 23.7. The molecule has 1 aromatic heterocycles. The summed E-state index contributed by atoms with van der Waals surface area (Å²) in [6, 6.07) is 20.2. The molecule has 0 unspecified atom stereocenters. The number of likely N-dealkylation sites (tertiary alicyclic amines) is 2. The Morgan fingerprint density at radius 2 is 1.60 bits per heavy atom. The lowest BCUT2D eigenvalue weighted by Crippen LogP contribution is -2.44. The predicted molar refractivity (Wildman–Crippen MR) is 159 cm³/mol. The number of hydrogen-bond donors (Lipinski definition) is 1. The van der Waals surface area contributed by atoms with Crippen molar-refractivity contribution in [1.82, 2.24) is 20.1 Å². The maximum absolute atomic E-state index is 13.1. The number of rotatable bonds is 7. The quantitative estimate of drug-likeness (QED) is 0.448. The van der Waals surface area contributed by atoms with E-state index in [9.17, 15) is 18.0 Å². The van der Waals surface area contributed by atoms with Gasteiger partial charge in [0.25, 0.3) is 11.8 Å². The van der Waals surface area contributed by atoms with Gasteiger partial charge in [-0.2, -0.15) is 5.26 Å². The summed E-state index contributed by atoms with van der Waals surface area (Å²) in [7, 11) is -3.22. The highest BCUT2D eigenvalue weighted by Crippen LogP contribution is 2.29. The highest BCUT2D eigenvalue weighted by molar-refractivity contribution is 7.90. The van der Waals surface area contributed by atoms with Crippen molar-refractivity contribution in [3.63, 3.8) is 0 Å². The minimum atomic E-state index is -3.22. The van der Waals surface area contributed by atoms with Crippen molar-refractivity contribution in [2.45, 2.75) is 49.1 Å². The van der Waals surface area contributed by atoms with Crippen LogP contribution in [0.5, 0.6) is 0 Å². The maximum Gasteiger partial charge on any atom is 0.270 e. The second-order valence-corrected chi connectivity index (χ2v) is 13.2. The van der Waals surface area contributed by atoms with Crippen molar-refractivity contribution in [3.8, 4) is 6.07 Å². The van der Waals surface area contributed by atoms with Gasteiger partial charge in [0.1, 0.15) is 5.69 Å². The topological polar surface area (TPSA) is 123 Å². The van der Waals surface area contributed by atoms with E-state index in [2.05, 4.69) is 21.3 Å². The number of nitrogens with zero attached hydrogens (tertiary/aromatic N) is 4. The first-order valence-corrected chi connectivity index (χ1v) is 16.2. The smallest absolute Gasteiger partial charge is 0.270 e. The van der Waals surface area contributed by atoms with Gasteiger partial charge in [0.05, 0.1) is 22.1 Å². The molecule has 42 heavy (non-hydrogen) atoms. The highest BCUT2D eigenvalue weighted by Gasteiger charge is 2.26. The number of carbonyl (C=O) groups is 2. The summed E-state index contributed by atoms with van der Waals surface area (Å²) >= 11 is 0. The van der Waals surface area contributed by atoms with Gasteiger partial charge in [0.2, 0.25) is 0 Å². The molecule has 0 spiro atoms. The van der Waals surface area contributed by atoms with Crippen molar-refractivity contribution >= 4 is 21.7 Å². The Kier molecular flexibility index (Phi) is 9.00. The number of piperidine rings is 2. The molecule has 3 heterocycles. The van der Waals surface area contributed by atoms with Crippen molar-refractivity contribution in [1.29, 1.82) is 5.26 Å². The average Bonchev–Trinajstić information content (AvgIpc) is 3.02. The number of nitrogens with one attached hydrogen (secondary N) is 1. The van der Waals surface area contributed by atoms with Crippen LogP contribution in [-0.4, -0.2) is 73.5 Å². The van der Waals surface area contributed by atoms with E-state index in [0.717, 1.165) is 50.9 Å². The molecule has 0 radical (unpaired) electrons. The fourth-order valence-corrected chi connectivity index (χ4v) is 6.31. The summed E-state index contributed by atoms with van der Waals surface area (Å²) in [6.45, 7) is 3.76. The molecule has 2 saturated heterocycles. The minimum absolute atomic E-state index is 0.0710. The van der Waals surface area contributed by atoms with Crippen molar-refractivity contribution < 1.29 is 18.0 Å². The summed E-state index contributed by atoms with van der Waals surface area (Å²) in [5.74, 6) is -0.0630. The molecule has 2 aromatic carbocycles. The third kappa shape index (κ3) is 7.22. The first-order chi connectivity index (χ1) is 20.2. The number of carbonyl (C=O) groups excluding carboxylic acids is 2.